The molecule has 2 aliphatic heterocycles. The van der Waals surface area contributed by atoms with Gasteiger partial charge in [0.15, 0.2) is 0 Å². The number of ether oxygens (including phenoxy) is 1. The molecule has 154 valence electrons. The number of benzene rings is 1. The highest BCUT2D eigenvalue weighted by molar-refractivity contribution is 5.94. The van der Waals surface area contributed by atoms with Crippen molar-refractivity contribution in [1.82, 2.24) is 15.1 Å². The van der Waals surface area contributed by atoms with Crippen LogP contribution in [0.25, 0.3) is 0 Å². The number of aromatic hydroxyl groups is 1. The second-order valence-electron chi connectivity index (χ2n) is 7.69. The Morgan fingerprint density at radius 1 is 1.21 bits per heavy atom. The fourth-order valence-corrected chi connectivity index (χ4v) is 4.23. The second-order valence-corrected chi connectivity index (χ2v) is 7.69. The maximum Gasteiger partial charge on any atom is 0.253 e. The molecule has 0 aliphatic carbocycles. The fraction of sp³-hybridized carbons (Fsp3) is 0.619. The lowest BCUT2D eigenvalue weighted by Gasteiger charge is -2.42. The Labute approximate surface area is 166 Å². The highest BCUT2D eigenvalue weighted by atomic mass is 16.5. The number of hydrogen-bond acceptors (Lipinski definition) is 5. The lowest BCUT2D eigenvalue weighted by Crippen LogP contribution is -2.51. The van der Waals surface area contributed by atoms with Crippen molar-refractivity contribution < 1.29 is 19.4 Å². The number of nitrogens with zero attached hydrogens (tertiary/aromatic N) is 2. The average molecular weight is 389 g/mol. The van der Waals surface area contributed by atoms with Crippen LogP contribution in [0, 0.1) is 5.92 Å². The number of carbonyl (C=O) groups excluding carboxylic acids is 2. The van der Waals surface area contributed by atoms with Crippen LogP contribution in [0.15, 0.2) is 24.3 Å². The highest BCUT2D eigenvalue weighted by Gasteiger charge is 2.32. The van der Waals surface area contributed by atoms with Gasteiger partial charge in [0.2, 0.25) is 5.91 Å². The standard InChI is InChI=1S/C21H31N3O4/c1-28-13-9-22-20(26)17-5-3-10-24(15-17)18-7-11-23(12-8-18)21(27)16-4-2-6-19(25)14-16/h2,4,6,14,17-18,25H,3,5,7-13,15H2,1H3,(H,22,26)/t17-/m1/s1. The summed E-state index contributed by atoms with van der Waals surface area (Å²) in [7, 11) is 1.63. The van der Waals surface area contributed by atoms with Crippen LogP contribution in [0.4, 0.5) is 0 Å². The summed E-state index contributed by atoms with van der Waals surface area (Å²) >= 11 is 0. The first-order valence-corrected chi connectivity index (χ1v) is 10.2. The van der Waals surface area contributed by atoms with Gasteiger partial charge in [-0.15, -0.1) is 0 Å². The van der Waals surface area contributed by atoms with Crippen molar-refractivity contribution in [2.24, 2.45) is 5.92 Å². The van der Waals surface area contributed by atoms with E-state index in [2.05, 4.69) is 10.2 Å². The van der Waals surface area contributed by atoms with Gasteiger partial charge in [-0.1, -0.05) is 6.07 Å². The topological polar surface area (TPSA) is 82.1 Å². The maximum absolute atomic E-state index is 12.6. The molecule has 7 heteroatoms. The number of nitrogens with one attached hydrogen (secondary N) is 1. The third-order valence-electron chi connectivity index (χ3n) is 5.79. The summed E-state index contributed by atoms with van der Waals surface area (Å²) in [6.07, 6.45) is 3.81. The van der Waals surface area contributed by atoms with Gasteiger partial charge in [0.05, 0.1) is 12.5 Å². The van der Waals surface area contributed by atoms with Crippen molar-refractivity contribution in [2.45, 2.75) is 31.7 Å². The molecule has 1 aromatic carbocycles. The van der Waals surface area contributed by atoms with Crippen molar-refractivity contribution in [3.8, 4) is 5.75 Å². The van der Waals surface area contributed by atoms with Crippen molar-refractivity contribution in [1.29, 1.82) is 0 Å². The predicted molar refractivity (Wildman–Crippen MR) is 106 cm³/mol. The Bertz CT molecular complexity index is 673. The van der Waals surface area contributed by atoms with E-state index in [4.69, 9.17) is 4.74 Å². The van der Waals surface area contributed by atoms with Gasteiger partial charge in [0.1, 0.15) is 5.75 Å². The van der Waals surface area contributed by atoms with Crippen LogP contribution in [0.2, 0.25) is 0 Å². The van der Waals surface area contributed by atoms with Gasteiger partial charge in [0, 0.05) is 44.9 Å². The summed E-state index contributed by atoms with van der Waals surface area (Å²) in [4.78, 5) is 29.3. The van der Waals surface area contributed by atoms with E-state index in [0.29, 0.717) is 37.8 Å². The Morgan fingerprint density at radius 3 is 2.71 bits per heavy atom. The number of hydrogen-bond donors (Lipinski definition) is 2. The van der Waals surface area contributed by atoms with Gasteiger partial charge in [-0.3, -0.25) is 14.5 Å². The Balaban J connectivity index is 1.49. The molecular formula is C21H31N3O4. The first-order chi connectivity index (χ1) is 13.6. The molecule has 3 rings (SSSR count). The van der Waals surface area contributed by atoms with E-state index >= 15 is 0 Å². The zero-order valence-corrected chi connectivity index (χ0v) is 16.6. The first-order valence-electron chi connectivity index (χ1n) is 10.2. The molecule has 1 aromatic rings. The van der Waals surface area contributed by atoms with Crippen LogP contribution in [0.1, 0.15) is 36.0 Å². The second kappa shape index (κ2) is 9.89. The van der Waals surface area contributed by atoms with E-state index in [0.717, 1.165) is 38.8 Å². The van der Waals surface area contributed by atoms with Gasteiger partial charge in [-0.05, 0) is 50.4 Å². The van der Waals surface area contributed by atoms with Crippen molar-refractivity contribution in [3.05, 3.63) is 29.8 Å². The summed E-state index contributed by atoms with van der Waals surface area (Å²) in [5, 5.41) is 12.6. The zero-order valence-electron chi connectivity index (χ0n) is 16.6. The summed E-state index contributed by atoms with van der Waals surface area (Å²) in [6.45, 7) is 4.33. The number of phenols is 1. The van der Waals surface area contributed by atoms with E-state index in [-0.39, 0.29) is 23.5 Å². The zero-order chi connectivity index (χ0) is 19.9. The van der Waals surface area contributed by atoms with Crippen molar-refractivity contribution in [3.63, 3.8) is 0 Å². The lowest BCUT2D eigenvalue weighted by molar-refractivity contribution is -0.127. The van der Waals surface area contributed by atoms with Crippen LogP contribution >= 0.6 is 0 Å². The molecular weight excluding hydrogens is 358 g/mol. The molecule has 2 amide bonds. The molecule has 0 radical (unpaired) electrons. The Morgan fingerprint density at radius 2 is 2.00 bits per heavy atom. The summed E-state index contributed by atoms with van der Waals surface area (Å²) in [5.41, 5.74) is 0.532. The van der Waals surface area contributed by atoms with Crippen LogP contribution < -0.4 is 5.32 Å². The molecule has 0 bridgehead atoms. The number of carbonyl (C=O) groups is 2. The molecule has 0 saturated carbocycles. The highest BCUT2D eigenvalue weighted by Crippen LogP contribution is 2.25. The molecule has 2 fully saturated rings. The number of phenolic OH excluding ortho intramolecular Hbond substituents is 1. The van der Waals surface area contributed by atoms with Crippen LogP contribution in [-0.4, -0.2) is 79.2 Å². The number of rotatable bonds is 6. The minimum absolute atomic E-state index is 0.0246. The van der Waals surface area contributed by atoms with E-state index < -0.39 is 0 Å². The Hall–Kier alpha value is -2.12. The summed E-state index contributed by atoms with van der Waals surface area (Å²) in [6, 6.07) is 6.95. The SMILES string of the molecule is COCCNC(=O)[C@@H]1CCCN(C2CCN(C(=O)c3cccc(O)c3)CC2)C1. The number of piperidine rings is 2. The number of methoxy groups -OCH3 is 1. The monoisotopic (exact) mass is 389 g/mol. The van der Waals surface area contributed by atoms with E-state index in [1.807, 2.05) is 4.90 Å². The molecule has 1 atom stereocenters. The number of amides is 2. The minimum atomic E-state index is -0.0246. The van der Waals surface area contributed by atoms with Gasteiger partial charge in [0.25, 0.3) is 5.91 Å². The van der Waals surface area contributed by atoms with Gasteiger partial charge in [-0.2, -0.15) is 0 Å². The third kappa shape index (κ3) is 5.23. The quantitative estimate of drug-likeness (QED) is 0.720. The molecule has 2 saturated heterocycles. The van der Waals surface area contributed by atoms with Gasteiger partial charge in [-0.25, -0.2) is 0 Å². The molecule has 0 aromatic heterocycles. The lowest BCUT2D eigenvalue weighted by atomic mass is 9.93. The Kier molecular flexibility index (Phi) is 7.28. The fourth-order valence-electron chi connectivity index (χ4n) is 4.23. The van der Waals surface area contributed by atoms with Crippen LogP contribution in [-0.2, 0) is 9.53 Å². The molecule has 0 spiro atoms. The van der Waals surface area contributed by atoms with Crippen molar-refractivity contribution in [2.75, 3.05) is 46.4 Å². The predicted octanol–water partition coefficient (Wildman–Crippen LogP) is 1.47. The average Bonchev–Trinajstić information content (AvgIpc) is 2.73. The summed E-state index contributed by atoms with van der Waals surface area (Å²) < 4.78 is 4.99. The molecule has 0 unspecified atom stereocenters. The smallest absolute Gasteiger partial charge is 0.253 e. The third-order valence-corrected chi connectivity index (χ3v) is 5.79. The van der Waals surface area contributed by atoms with E-state index in [9.17, 15) is 14.7 Å². The minimum Gasteiger partial charge on any atom is -0.508 e. The summed E-state index contributed by atoms with van der Waals surface area (Å²) in [5.74, 6) is 0.253. The van der Waals surface area contributed by atoms with Crippen LogP contribution in [0.5, 0.6) is 5.75 Å². The molecule has 2 heterocycles. The normalized spacial score (nSPS) is 21.5. The molecule has 28 heavy (non-hydrogen) atoms. The van der Waals surface area contributed by atoms with E-state index in [1.54, 1.807) is 25.3 Å². The first kappa shape index (κ1) is 20.6. The number of likely N-dealkylation sites (tertiary alicyclic amines) is 2. The maximum atomic E-state index is 12.6. The molecule has 2 N–H and O–H groups in total. The van der Waals surface area contributed by atoms with Gasteiger partial charge >= 0.3 is 0 Å². The molecule has 7 nitrogen and oxygen atoms in total. The van der Waals surface area contributed by atoms with Gasteiger partial charge < -0.3 is 20.1 Å². The van der Waals surface area contributed by atoms with Crippen LogP contribution in [0.3, 0.4) is 0 Å². The largest absolute Gasteiger partial charge is 0.508 e. The van der Waals surface area contributed by atoms with Crippen molar-refractivity contribution >= 4 is 11.8 Å². The molecule has 2 aliphatic rings. The van der Waals surface area contributed by atoms with E-state index in [1.165, 1.54) is 6.07 Å².